The molecule has 40 heavy (non-hydrogen) atoms. The molecule has 0 unspecified atom stereocenters. The molecule has 0 spiro atoms. The standard InChI is InChI=1S/C30H35ClN4O4.ClH/c1-20-10-5-6-11-22(20)27-26(21-12-13-23(31)25(18-21)39-17-9-16-35(2)3)33-24(19-32-27)28(36)34-30(29(37)38)14-7-4-8-15-30;/h5-6,10-13,18-19H,4,7-9,14-17H2,1-3H3,(H,34,36)(H,37,38);1H. The number of aromatic nitrogens is 2. The van der Waals surface area contributed by atoms with Gasteiger partial charge in [0, 0.05) is 17.7 Å². The molecular weight excluding hydrogens is 551 g/mol. The Labute approximate surface area is 246 Å². The molecule has 1 aliphatic rings. The third-order valence-electron chi connectivity index (χ3n) is 7.09. The highest BCUT2D eigenvalue weighted by Gasteiger charge is 2.41. The predicted octanol–water partition coefficient (Wildman–Crippen LogP) is 6.04. The van der Waals surface area contributed by atoms with E-state index >= 15 is 0 Å². The summed E-state index contributed by atoms with van der Waals surface area (Å²) in [6.07, 6.45) is 5.48. The third-order valence-corrected chi connectivity index (χ3v) is 7.40. The Morgan fingerprint density at radius 1 is 1.10 bits per heavy atom. The molecule has 8 nitrogen and oxygen atoms in total. The molecule has 1 heterocycles. The smallest absolute Gasteiger partial charge is 0.329 e. The van der Waals surface area contributed by atoms with Gasteiger partial charge in [0.05, 0.1) is 29.2 Å². The van der Waals surface area contributed by atoms with E-state index in [0.29, 0.717) is 47.2 Å². The Bertz CT molecular complexity index is 1340. The van der Waals surface area contributed by atoms with E-state index in [1.807, 2.05) is 57.4 Å². The number of carbonyl (C=O) groups is 2. The van der Waals surface area contributed by atoms with Crippen molar-refractivity contribution in [3.05, 3.63) is 64.9 Å². The second-order valence-corrected chi connectivity index (χ2v) is 10.7. The fourth-order valence-corrected chi connectivity index (χ4v) is 5.06. The van der Waals surface area contributed by atoms with E-state index in [4.69, 9.17) is 21.3 Å². The number of hydrogen-bond acceptors (Lipinski definition) is 6. The number of nitrogens with zero attached hydrogens (tertiary/aromatic N) is 3. The number of carboxylic acids is 1. The number of aliphatic carboxylic acids is 1. The molecule has 0 radical (unpaired) electrons. The quantitative estimate of drug-likeness (QED) is 0.279. The van der Waals surface area contributed by atoms with Crippen LogP contribution in [0.15, 0.2) is 48.7 Å². The number of benzene rings is 2. The highest BCUT2D eigenvalue weighted by atomic mass is 35.5. The maximum atomic E-state index is 13.3. The summed E-state index contributed by atoms with van der Waals surface area (Å²) in [4.78, 5) is 37.0. The molecule has 1 aliphatic carbocycles. The largest absolute Gasteiger partial charge is 0.492 e. The molecule has 4 rings (SSSR count). The molecule has 10 heteroatoms. The van der Waals surface area contributed by atoms with Gasteiger partial charge in [0.15, 0.2) is 0 Å². The number of rotatable bonds is 10. The Morgan fingerprint density at radius 3 is 2.50 bits per heavy atom. The van der Waals surface area contributed by atoms with Gasteiger partial charge in [-0.1, -0.05) is 61.2 Å². The van der Waals surface area contributed by atoms with Crippen molar-refractivity contribution in [3.63, 3.8) is 0 Å². The molecule has 1 fully saturated rings. The molecule has 3 aromatic rings. The number of hydrogen-bond donors (Lipinski definition) is 2. The lowest BCUT2D eigenvalue weighted by atomic mass is 9.81. The van der Waals surface area contributed by atoms with Gasteiger partial charge < -0.3 is 20.1 Å². The first-order chi connectivity index (χ1) is 18.7. The molecule has 0 aliphatic heterocycles. The molecule has 2 N–H and O–H groups in total. The summed E-state index contributed by atoms with van der Waals surface area (Å²) in [5.74, 6) is -1.06. The molecule has 214 valence electrons. The van der Waals surface area contributed by atoms with Gasteiger partial charge in [0.25, 0.3) is 5.91 Å². The molecule has 0 saturated heterocycles. The lowest BCUT2D eigenvalue weighted by Gasteiger charge is -2.33. The van der Waals surface area contributed by atoms with Crippen LogP contribution in [0.3, 0.4) is 0 Å². The molecule has 0 atom stereocenters. The van der Waals surface area contributed by atoms with Gasteiger partial charge >= 0.3 is 5.97 Å². The second kappa shape index (κ2) is 13.9. The number of amides is 1. The minimum atomic E-state index is -1.29. The van der Waals surface area contributed by atoms with Gasteiger partial charge in [-0.25, -0.2) is 9.78 Å². The predicted molar refractivity (Wildman–Crippen MR) is 159 cm³/mol. The van der Waals surface area contributed by atoms with Crippen molar-refractivity contribution in [1.82, 2.24) is 20.2 Å². The number of nitrogens with one attached hydrogen (secondary N) is 1. The van der Waals surface area contributed by atoms with Gasteiger partial charge in [0.2, 0.25) is 0 Å². The van der Waals surface area contributed by atoms with Crippen molar-refractivity contribution in [1.29, 1.82) is 0 Å². The van der Waals surface area contributed by atoms with Gasteiger partial charge in [-0.15, -0.1) is 12.4 Å². The van der Waals surface area contributed by atoms with E-state index in [0.717, 1.165) is 43.4 Å². The average Bonchev–Trinajstić information content (AvgIpc) is 2.92. The average molecular weight is 588 g/mol. The maximum absolute atomic E-state index is 13.3. The van der Waals surface area contributed by atoms with E-state index in [-0.39, 0.29) is 18.1 Å². The highest BCUT2D eigenvalue weighted by Crippen LogP contribution is 2.36. The summed E-state index contributed by atoms with van der Waals surface area (Å²) in [6, 6.07) is 13.2. The first-order valence-corrected chi connectivity index (χ1v) is 13.6. The van der Waals surface area contributed by atoms with Gasteiger partial charge in [-0.05, 0) is 58.0 Å². The van der Waals surface area contributed by atoms with Gasteiger partial charge in [-0.2, -0.15) is 0 Å². The van der Waals surface area contributed by atoms with Gasteiger partial charge in [0.1, 0.15) is 17.0 Å². The third kappa shape index (κ3) is 7.30. The first-order valence-electron chi connectivity index (χ1n) is 13.3. The summed E-state index contributed by atoms with van der Waals surface area (Å²) in [5, 5.41) is 13.2. The highest BCUT2D eigenvalue weighted by molar-refractivity contribution is 6.32. The Kier molecular flexibility index (Phi) is 10.9. The van der Waals surface area contributed by atoms with Crippen molar-refractivity contribution in [2.75, 3.05) is 27.2 Å². The fourth-order valence-electron chi connectivity index (χ4n) is 4.89. The molecular formula is C30H36Cl2N4O4. The zero-order valence-corrected chi connectivity index (χ0v) is 24.6. The molecule has 1 saturated carbocycles. The van der Waals surface area contributed by atoms with Gasteiger partial charge in [-0.3, -0.25) is 9.78 Å². The van der Waals surface area contributed by atoms with Crippen molar-refractivity contribution in [2.24, 2.45) is 0 Å². The van der Waals surface area contributed by atoms with Crippen molar-refractivity contribution in [3.8, 4) is 28.3 Å². The molecule has 2 aromatic carbocycles. The first kappa shape index (κ1) is 31.3. The van der Waals surface area contributed by atoms with Crippen LogP contribution in [0, 0.1) is 6.92 Å². The molecule has 0 bridgehead atoms. The minimum Gasteiger partial charge on any atom is -0.492 e. The van der Waals surface area contributed by atoms with E-state index in [9.17, 15) is 14.7 Å². The summed E-state index contributed by atoms with van der Waals surface area (Å²) >= 11 is 6.45. The van der Waals surface area contributed by atoms with E-state index in [2.05, 4.69) is 15.2 Å². The zero-order chi connectivity index (χ0) is 28.0. The van der Waals surface area contributed by atoms with Crippen LogP contribution >= 0.6 is 24.0 Å². The number of carbonyl (C=O) groups excluding carboxylic acids is 1. The molecule has 1 amide bonds. The molecule has 1 aromatic heterocycles. The van der Waals surface area contributed by atoms with Crippen LogP contribution in [-0.4, -0.2) is 64.6 Å². The maximum Gasteiger partial charge on any atom is 0.329 e. The second-order valence-electron chi connectivity index (χ2n) is 10.3. The Balaban J connectivity index is 0.00000441. The lowest BCUT2D eigenvalue weighted by molar-refractivity contribution is -0.145. The number of halogens is 2. The van der Waals surface area contributed by atoms with Crippen LogP contribution in [0.2, 0.25) is 5.02 Å². The minimum absolute atomic E-state index is 0. The van der Waals surface area contributed by atoms with Crippen LogP contribution in [0.4, 0.5) is 0 Å². The van der Waals surface area contributed by atoms with Crippen LogP contribution in [0.25, 0.3) is 22.5 Å². The lowest BCUT2D eigenvalue weighted by Crippen LogP contribution is -2.55. The van der Waals surface area contributed by atoms with Crippen LogP contribution < -0.4 is 10.1 Å². The van der Waals surface area contributed by atoms with E-state index in [1.54, 1.807) is 6.07 Å². The number of carboxylic acid groups (broad SMARTS) is 1. The fraction of sp³-hybridized carbons (Fsp3) is 0.400. The topological polar surface area (TPSA) is 105 Å². The normalized spacial score (nSPS) is 14.3. The van der Waals surface area contributed by atoms with Crippen molar-refractivity contribution in [2.45, 2.75) is 51.0 Å². The van der Waals surface area contributed by atoms with Crippen molar-refractivity contribution < 1.29 is 19.4 Å². The van der Waals surface area contributed by atoms with Crippen LogP contribution in [-0.2, 0) is 4.79 Å². The van der Waals surface area contributed by atoms with E-state index in [1.165, 1.54) is 6.20 Å². The van der Waals surface area contributed by atoms with E-state index < -0.39 is 17.4 Å². The Hall–Kier alpha value is -3.20. The van der Waals surface area contributed by atoms with Crippen molar-refractivity contribution >= 4 is 35.9 Å². The SMILES string of the molecule is Cc1ccccc1-c1ncc(C(=O)NC2(C(=O)O)CCCCC2)nc1-c1ccc(Cl)c(OCCCN(C)C)c1.Cl. The summed E-state index contributed by atoms with van der Waals surface area (Å²) in [5.41, 5.74) is 2.43. The summed E-state index contributed by atoms with van der Waals surface area (Å²) in [6.45, 7) is 3.37. The summed E-state index contributed by atoms with van der Waals surface area (Å²) < 4.78 is 5.99. The zero-order valence-electron chi connectivity index (χ0n) is 23.1. The Morgan fingerprint density at radius 2 is 1.82 bits per heavy atom. The summed E-state index contributed by atoms with van der Waals surface area (Å²) in [7, 11) is 4.02. The number of ether oxygens (including phenoxy) is 1. The van der Waals surface area contributed by atoms with Crippen LogP contribution in [0.1, 0.15) is 54.6 Å². The van der Waals surface area contributed by atoms with Crippen LogP contribution in [0.5, 0.6) is 5.75 Å². The number of aryl methyl sites for hydroxylation is 1. The monoisotopic (exact) mass is 586 g/mol.